The van der Waals surface area contributed by atoms with Gasteiger partial charge in [-0.1, -0.05) is 6.92 Å². The van der Waals surface area contributed by atoms with E-state index in [0.717, 1.165) is 24.3 Å². The second-order valence-corrected chi connectivity index (χ2v) is 4.90. The van der Waals surface area contributed by atoms with Crippen LogP contribution in [-0.2, 0) is 18.2 Å². The van der Waals surface area contributed by atoms with Crippen LogP contribution in [0.2, 0.25) is 0 Å². The van der Waals surface area contributed by atoms with Gasteiger partial charge >= 0.3 is 0 Å². The highest BCUT2D eigenvalue weighted by Crippen LogP contribution is 2.13. The van der Waals surface area contributed by atoms with Crippen molar-refractivity contribution < 1.29 is 4.74 Å². The Morgan fingerprint density at radius 3 is 2.69 bits per heavy atom. The van der Waals surface area contributed by atoms with Gasteiger partial charge in [-0.05, 0) is 27.2 Å². The lowest BCUT2D eigenvalue weighted by atomic mass is 10.2. The van der Waals surface area contributed by atoms with Gasteiger partial charge in [0.25, 0.3) is 0 Å². The van der Waals surface area contributed by atoms with Gasteiger partial charge in [0, 0.05) is 19.8 Å². The fraction of sp³-hybridized carbons (Fsp3) is 0.750. The summed E-state index contributed by atoms with van der Waals surface area (Å²) in [6, 6.07) is 0. The first-order valence-corrected chi connectivity index (χ1v) is 5.82. The topological polar surface area (TPSA) is 39.1 Å². The van der Waals surface area contributed by atoms with Crippen LogP contribution in [0.15, 0.2) is 6.20 Å². The Balaban J connectivity index is 2.37. The molecule has 1 aromatic heterocycles. The summed E-state index contributed by atoms with van der Waals surface area (Å²) in [4.78, 5) is 0. The molecule has 0 aliphatic heterocycles. The average molecular weight is 225 g/mol. The maximum absolute atomic E-state index is 5.64. The molecule has 4 heteroatoms. The molecule has 0 saturated heterocycles. The average Bonchev–Trinajstić information content (AvgIpc) is 2.52. The van der Waals surface area contributed by atoms with Crippen LogP contribution in [0.1, 0.15) is 33.4 Å². The van der Waals surface area contributed by atoms with Crippen molar-refractivity contribution in [3.63, 3.8) is 0 Å². The molecule has 0 radical (unpaired) electrons. The van der Waals surface area contributed by atoms with Crippen molar-refractivity contribution in [3.05, 3.63) is 11.9 Å². The highest BCUT2D eigenvalue weighted by Gasteiger charge is 2.09. The van der Waals surface area contributed by atoms with E-state index in [1.807, 2.05) is 17.9 Å². The van der Waals surface area contributed by atoms with Gasteiger partial charge in [-0.2, -0.15) is 5.10 Å². The zero-order valence-corrected chi connectivity index (χ0v) is 11.0. The molecule has 0 aliphatic carbocycles. The maximum Gasteiger partial charge on any atom is 0.0853 e. The van der Waals surface area contributed by atoms with Gasteiger partial charge in [0.2, 0.25) is 0 Å². The highest BCUT2D eigenvalue weighted by atomic mass is 16.5. The zero-order valence-electron chi connectivity index (χ0n) is 11.0. The third kappa shape index (κ3) is 4.23. The molecule has 0 aromatic carbocycles. The molecule has 92 valence electrons. The Bertz CT molecular complexity index is 325. The van der Waals surface area contributed by atoms with Crippen molar-refractivity contribution in [2.24, 2.45) is 7.05 Å². The van der Waals surface area contributed by atoms with Crippen molar-refractivity contribution >= 4 is 5.69 Å². The first-order valence-electron chi connectivity index (χ1n) is 5.82. The smallest absolute Gasteiger partial charge is 0.0853 e. The molecule has 0 spiro atoms. The Morgan fingerprint density at radius 1 is 1.44 bits per heavy atom. The molecule has 1 aromatic rings. The minimum absolute atomic E-state index is 0.0653. The number of nitrogens with one attached hydrogen (secondary N) is 1. The lowest BCUT2D eigenvalue weighted by Crippen LogP contribution is -2.23. The minimum Gasteiger partial charge on any atom is -0.380 e. The van der Waals surface area contributed by atoms with E-state index in [1.165, 1.54) is 0 Å². The first kappa shape index (κ1) is 13.0. The van der Waals surface area contributed by atoms with E-state index in [4.69, 9.17) is 4.74 Å². The molecule has 0 fully saturated rings. The quantitative estimate of drug-likeness (QED) is 0.781. The second-order valence-electron chi connectivity index (χ2n) is 4.90. The predicted octanol–water partition coefficient (Wildman–Crippen LogP) is 2.21. The molecular formula is C12H23N3O. The fourth-order valence-electron chi connectivity index (χ4n) is 1.49. The molecule has 0 atom stereocenters. The lowest BCUT2D eigenvalue weighted by molar-refractivity contribution is 0.00333. The summed E-state index contributed by atoms with van der Waals surface area (Å²) in [7, 11) is 1.94. The predicted molar refractivity (Wildman–Crippen MR) is 66.8 cm³/mol. The van der Waals surface area contributed by atoms with Crippen LogP contribution in [0.25, 0.3) is 0 Å². The molecule has 0 unspecified atom stereocenters. The van der Waals surface area contributed by atoms with Crippen molar-refractivity contribution in [1.29, 1.82) is 0 Å². The Hall–Kier alpha value is -1.03. The summed E-state index contributed by atoms with van der Waals surface area (Å²) in [5.41, 5.74) is 2.16. The van der Waals surface area contributed by atoms with Crippen LogP contribution in [0, 0.1) is 0 Å². The molecule has 4 nitrogen and oxygen atoms in total. The normalized spacial score (nSPS) is 11.8. The number of rotatable bonds is 5. The van der Waals surface area contributed by atoms with Crippen LogP contribution in [0.4, 0.5) is 5.69 Å². The number of aryl methyl sites for hydroxylation is 2. The van der Waals surface area contributed by atoms with Crippen molar-refractivity contribution in [1.82, 2.24) is 9.78 Å². The lowest BCUT2D eigenvalue weighted by Gasteiger charge is -2.19. The summed E-state index contributed by atoms with van der Waals surface area (Å²) >= 11 is 0. The second kappa shape index (κ2) is 5.34. The number of ether oxygens (including phenoxy) is 1. The standard InChI is InChI=1S/C12H23N3O/c1-6-10-11(9-15(5)14-10)13-7-8-16-12(2,3)4/h9,13H,6-8H2,1-5H3. The fourth-order valence-corrected chi connectivity index (χ4v) is 1.49. The molecule has 0 aliphatic rings. The van der Waals surface area contributed by atoms with Gasteiger partial charge in [0.15, 0.2) is 0 Å². The van der Waals surface area contributed by atoms with Gasteiger partial charge < -0.3 is 10.1 Å². The Morgan fingerprint density at radius 2 is 2.12 bits per heavy atom. The van der Waals surface area contributed by atoms with E-state index < -0.39 is 0 Å². The molecule has 16 heavy (non-hydrogen) atoms. The molecule has 1 heterocycles. The van der Waals surface area contributed by atoms with Crippen LogP contribution in [-0.4, -0.2) is 28.5 Å². The van der Waals surface area contributed by atoms with E-state index in [2.05, 4.69) is 38.1 Å². The summed E-state index contributed by atoms with van der Waals surface area (Å²) in [5, 5.41) is 7.72. The van der Waals surface area contributed by atoms with E-state index in [1.54, 1.807) is 0 Å². The Labute approximate surface area is 98.0 Å². The SMILES string of the molecule is CCc1nn(C)cc1NCCOC(C)(C)C. The van der Waals surface area contributed by atoms with Gasteiger partial charge in [-0.3, -0.25) is 4.68 Å². The molecule has 0 bridgehead atoms. The highest BCUT2D eigenvalue weighted by molar-refractivity contribution is 5.46. The van der Waals surface area contributed by atoms with Crippen LogP contribution in [0.5, 0.6) is 0 Å². The number of nitrogens with zero attached hydrogens (tertiary/aromatic N) is 2. The van der Waals surface area contributed by atoms with Crippen LogP contribution < -0.4 is 5.32 Å². The van der Waals surface area contributed by atoms with Gasteiger partial charge in [0.05, 0.1) is 23.6 Å². The monoisotopic (exact) mass is 225 g/mol. The van der Waals surface area contributed by atoms with Gasteiger partial charge in [-0.25, -0.2) is 0 Å². The molecule has 1 rings (SSSR count). The largest absolute Gasteiger partial charge is 0.380 e. The molecule has 0 amide bonds. The number of hydrogen-bond acceptors (Lipinski definition) is 3. The first-order chi connectivity index (χ1) is 7.42. The minimum atomic E-state index is -0.0653. The van der Waals surface area contributed by atoms with Gasteiger partial charge in [0.1, 0.15) is 0 Å². The number of hydrogen-bond donors (Lipinski definition) is 1. The van der Waals surface area contributed by atoms with Crippen molar-refractivity contribution in [2.45, 2.75) is 39.7 Å². The summed E-state index contributed by atoms with van der Waals surface area (Å²) in [5.74, 6) is 0. The third-order valence-electron chi connectivity index (χ3n) is 2.19. The third-order valence-corrected chi connectivity index (χ3v) is 2.19. The van der Waals surface area contributed by atoms with Crippen molar-refractivity contribution in [3.8, 4) is 0 Å². The summed E-state index contributed by atoms with van der Waals surface area (Å²) in [6.45, 7) is 9.83. The van der Waals surface area contributed by atoms with E-state index in [9.17, 15) is 0 Å². The molecular weight excluding hydrogens is 202 g/mol. The molecule has 1 N–H and O–H groups in total. The number of aromatic nitrogens is 2. The van der Waals surface area contributed by atoms with E-state index in [-0.39, 0.29) is 5.60 Å². The summed E-state index contributed by atoms with van der Waals surface area (Å²) in [6.07, 6.45) is 2.96. The Kier molecular flexibility index (Phi) is 4.35. The van der Waals surface area contributed by atoms with E-state index in [0.29, 0.717) is 6.61 Å². The maximum atomic E-state index is 5.64. The number of anilines is 1. The van der Waals surface area contributed by atoms with Crippen molar-refractivity contribution in [2.75, 3.05) is 18.5 Å². The van der Waals surface area contributed by atoms with E-state index >= 15 is 0 Å². The zero-order chi connectivity index (χ0) is 12.2. The molecule has 0 saturated carbocycles. The summed E-state index contributed by atoms with van der Waals surface area (Å²) < 4.78 is 7.48. The van der Waals surface area contributed by atoms with Crippen LogP contribution in [0.3, 0.4) is 0 Å². The van der Waals surface area contributed by atoms with Gasteiger partial charge in [-0.15, -0.1) is 0 Å². The van der Waals surface area contributed by atoms with Crippen LogP contribution >= 0.6 is 0 Å².